The van der Waals surface area contributed by atoms with Crippen LogP contribution < -0.4 is 5.32 Å². The van der Waals surface area contributed by atoms with Crippen LogP contribution in [-0.4, -0.2) is 58.3 Å². The van der Waals surface area contributed by atoms with Gasteiger partial charge in [0.1, 0.15) is 4.88 Å². The lowest BCUT2D eigenvalue weighted by molar-refractivity contribution is -0.123. The minimum absolute atomic E-state index is 0.0738. The molecule has 152 valence electrons. The molecule has 0 aliphatic carbocycles. The molecule has 2 amide bonds. The number of piperidine rings is 1. The number of nitrogens with one attached hydrogen (secondary N) is 1. The van der Waals surface area contributed by atoms with Gasteiger partial charge < -0.3 is 10.2 Å². The fourth-order valence-electron chi connectivity index (χ4n) is 5.37. The molecule has 2 aromatic rings. The van der Waals surface area contributed by atoms with E-state index in [1.54, 1.807) is 5.51 Å². The van der Waals surface area contributed by atoms with E-state index < -0.39 is 0 Å². The van der Waals surface area contributed by atoms with Crippen LogP contribution in [0.25, 0.3) is 0 Å². The van der Waals surface area contributed by atoms with Crippen molar-refractivity contribution in [1.82, 2.24) is 20.1 Å². The van der Waals surface area contributed by atoms with E-state index in [9.17, 15) is 9.59 Å². The first-order chi connectivity index (χ1) is 14.1. The quantitative estimate of drug-likeness (QED) is 0.843. The molecule has 1 spiro atoms. The Morgan fingerprint density at radius 3 is 2.69 bits per heavy atom. The molecule has 0 radical (unpaired) electrons. The highest BCUT2D eigenvalue weighted by Gasteiger charge is 2.57. The van der Waals surface area contributed by atoms with Crippen LogP contribution >= 0.6 is 11.3 Å². The van der Waals surface area contributed by atoms with Crippen LogP contribution in [0.2, 0.25) is 0 Å². The molecule has 0 saturated carbocycles. The standard InChI is InChI=1S/C22H26N4O2S/c1-15-19(29-14-23-15)21(28)26-9-7-22(8-10-26)18-13-25(12-17(18)20(27)24-22)11-16-5-3-2-4-6-16/h2-6,14,17-18H,7-13H2,1H3,(H,24,27)/t17-,18+/m1/s1. The van der Waals surface area contributed by atoms with Crippen LogP contribution in [0.3, 0.4) is 0 Å². The Kier molecular flexibility index (Phi) is 4.67. The lowest BCUT2D eigenvalue weighted by atomic mass is 9.75. The third kappa shape index (κ3) is 3.26. The summed E-state index contributed by atoms with van der Waals surface area (Å²) in [4.78, 5) is 34.9. The van der Waals surface area contributed by atoms with Gasteiger partial charge in [0.25, 0.3) is 5.91 Å². The normalized spacial score (nSPS) is 26.0. The van der Waals surface area contributed by atoms with Crippen molar-refractivity contribution in [2.24, 2.45) is 11.8 Å². The second kappa shape index (κ2) is 7.22. The number of rotatable bonds is 3. The van der Waals surface area contributed by atoms with Crippen LogP contribution in [0.1, 0.15) is 33.8 Å². The predicted octanol–water partition coefficient (Wildman–Crippen LogP) is 2.30. The fraction of sp³-hybridized carbons (Fsp3) is 0.500. The minimum atomic E-state index is -0.160. The van der Waals surface area contributed by atoms with Crippen molar-refractivity contribution in [3.8, 4) is 0 Å². The number of thiazole rings is 1. The highest BCUT2D eigenvalue weighted by Crippen LogP contribution is 2.44. The van der Waals surface area contributed by atoms with Crippen LogP contribution in [0, 0.1) is 18.8 Å². The van der Waals surface area contributed by atoms with E-state index >= 15 is 0 Å². The van der Waals surface area contributed by atoms with E-state index in [4.69, 9.17) is 0 Å². The summed E-state index contributed by atoms with van der Waals surface area (Å²) in [5.41, 5.74) is 3.67. The molecular formula is C22H26N4O2S. The lowest BCUT2D eigenvalue weighted by Gasteiger charge is -2.42. The van der Waals surface area contributed by atoms with Crippen molar-refractivity contribution in [3.05, 3.63) is 52.0 Å². The largest absolute Gasteiger partial charge is 0.350 e. The number of fused-ring (bicyclic) bond motifs is 2. The lowest BCUT2D eigenvalue weighted by Crippen LogP contribution is -2.56. The number of carbonyl (C=O) groups is 2. The van der Waals surface area contributed by atoms with Crippen LogP contribution in [0.15, 0.2) is 35.8 Å². The zero-order chi connectivity index (χ0) is 20.0. The molecule has 5 rings (SSSR count). The second-order valence-corrected chi connectivity index (χ2v) is 9.45. The highest BCUT2D eigenvalue weighted by atomic mass is 32.1. The highest BCUT2D eigenvalue weighted by molar-refractivity contribution is 7.11. The summed E-state index contributed by atoms with van der Waals surface area (Å²) in [5, 5.41) is 3.35. The van der Waals surface area contributed by atoms with Crippen LogP contribution in [-0.2, 0) is 11.3 Å². The molecule has 1 N–H and O–H groups in total. The Morgan fingerprint density at radius 1 is 1.24 bits per heavy atom. The van der Waals surface area contributed by atoms with Crippen molar-refractivity contribution in [2.75, 3.05) is 26.2 Å². The number of benzene rings is 1. The molecule has 0 unspecified atom stereocenters. The summed E-state index contributed by atoms with van der Waals surface area (Å²) in [6.07, 6.45) is 1.67. The number of likely N-dealkylation sites (tertiary alicyclic amines) is 2. The SMILES string of the molecule is Cc1ncsc1C(=O)N1CCC2(CC1)NC(=O)[C@@H]1CN(Cc3ccccc3)C[C@@H]12. The van der Waals surface area contributed by atoms with Gasteiger partial charge in [-0.25, -0.2) is 4.98 Å². The number of aryl methyl sites for hydroxylation is 1. The molecular weight excluding hydrogens is 384 g/mol. The number of amides is 2. The van der Waals surface area contributed by atoms with Gasteiger partial charge in [-0.05, 0) is 25.3 Å². The zero-order valence-electron chi connectivity index (χ0n) is 16.6. The fourth-order valence-corrected chi connectivity index (χ4v) is 6.14. The first kappa shape index (κ1) is 18.8. The van der Waals surface area contributed by atoms with Crippen molar-refractivity contribution in [3.63, 3.8) is 0 Å². The maximum absolute atomic E-state index is 12.8. The summed E-state index contributed by atoms with van der Waals surface area (Å²) in [5.74, 6) is 0.687. The smallest absolute Gasteiger partial charge is 0.265 e. The molecule has 2 atom stereocenters. The Morgan fingerprint density at radius 2 is 2.00 bits per heavy atom. The topological polar surface area (TPSA) is 65.5 Å². The van der Waals surface area contributed by atoms with Gasteiger partial charge in [0.15, 0.2) is 0 Å². The van der Waals surface area contributed by atoms with Gasteiger partial charge in [-0.15, -0.1) is 11.3 Å². The van der Waals surface area contributed by atoms with Gasteiger partial charge in [0.05, 0.1) is 17.1 Å². The van der Waals surface area contributed by atoms with Crippen molar-refractivity contribution in [2.45, 2.75) is 31.8 Å². The second-order valence-electron chi connectivity index (χ2n) is 8.60. The molecule has 29 heavy (non-hydrogen) atoms. The molecule has 6 nitrogen and oxygen atoms in total. The summed E-state index contributed by atoms with van der Waals surface area (Å²) in [6.45, 7) is 5.94. The van der Waals surface area contributed by atoms with Gasteiger partial charge in [0.2, 0.25) is 5.91 Å². The number of hydrogen-bond acceptors (Lipinski definition) is 5. The molecule has 1 aromatic heterocycles. The van der Waals surface area contributed by atoms with Gasteiger partial charge in [-0.1, -0.05) is 30.3 Å². The van der Waals surface area contributed by atoms with Gasteiger partial charge in [-0.3, -0.25) is 14.5 Å². The molecule has 3 fully saturated rings. The summed E-state index contributed by atoms with van der Waals surface area (Å²) >= 11 is 1.41. The first-order valence-corrected chi connectivity index (χ1v) is 11.2. The van der Waals surface area contributed by atoms with E-state index in [2.05, 4.69) is 39.5 Å². The molecule has 0 bridgehead atoms. The van der Waals surface area contributed by atoms with Crippen LogP contribution in [0.5, 0.6) is 0 Å². The number of hydrogen-bond donors (Lipinski definition) is 1. The first-order valence-electron chi connectivity index (χ1n) is 10.3. The van der Waals surface area contributed by atoms with E-state index in [1.165, 1.54) is 16.9 Å². The Hall–Kier alpha value is -2.25. The third-order valence-corrected chi connectivity index (χ3v) is 7.86. The van der Waals surface area contributed by atoms with E-state index in [0.717, 1.165) is 43.0 Å². The molecule has 3 aliphatic rings. The molecule has 4 heterocycles. The van der Waals surface area contributed by atoms with E-state index in [0.29, 0.717) is 19.0 Å². The molecule has 3 aliphatic heterocycles. The summed E-state index contributed by atoms with van der Waals surface area (Å²) < 4.78 is 0. The van der Waals surface area contributed by atoms with Gasteiger partial charge in [0, 0.05) is 44.2 Å². The third-order valence-electron chi connectivity index (χ3n) is 6.95. The maximum atomic E-state index is 12.8. The van der Waals surface area contributed by atoms with Crippen molar-refractivity contribution < 1.29 is 9.59 Å². The predicted molar refractivity (Wildman–Crippen MR) is 112 cm³/mol. The van der Waals surface area contributed by atoms with Crippen molar-refractivity contribution >= 4 is 23.2 Å². The molecule has 1 aromatic carbocycles. The van der Waals surface area contributed by atoms with E-state index in [1.807, 2.05) is 17.9 Å². The monoisotopic (exact) mass is 410 g/mol. The van der Waals surface area contributed by atoms with Crippen molar-refractivity contribution in [1.29, 1.82) is 0 Å². The summed E-state index contributed by atoms with van der Waals surface area (Å²) in [6, 6.07) is 10.5. The van der Waals surface area contributed by atoms with Crippen LogP contribution in [0.4, 0.5) is 0 Å². The number of aromatic nitrogens is 1. The minimum Gasteiger partial charge on any atom is -0.350 e. The molecule has 7 heteroatoms. The van der Waals surface area contributed by atoms with E-state index in [-0.39, 0.29) is 23.3 Å². The Balaban J connectivity index is 1.27. The average molecular weight is 411 g/mol. The van der Waals surface area contributed by atoms with Gasteiger partial charge in [-0.2, -0.15) is 0 Å². The average Bonchev–Trinajstić information content (AvgIpc) is 3.40. The summed E-state index contributed by atoms with van der Waals surface area (Å²) in [7, 11) is 0. The number of carbonyl (C=O) groups excluding carboxylic acids is 2. The van der Waals surface area contributed by atoms with Gasteiger partial charge >= 0.3 is 0 Å². The Bertz CT molecular complexity index is 920. The number of nitrogens with zero attached hydrogens (tertiary/aromatic N) is 3. The maximum Gasteiger partial charge on any atom is 0.265 e. The Labute approximate surface area is 174 Å². The molecule has 3 saturated heterocycles. The zero-order valence-corrected chi connectivity index (χ0v) is 17.5.